The molecule has 17 aromatic rings. The van der Waals surface area contributed by atoms with E-state index in [1.165, 1.54) is 0 Å². The first kappa shape index (κ1) is 49.9. The van der Waals surface area contributed by atoms with Crippen molar-refractivity contribution in [1.29, 1.82) is 15.8 Å². The lowest BCUT2D eigenvalue weighted by molar-refractivity contribution is 0.672. The van der Waals surface area contributed by atoms with Crippen LogP contribution < -0.4 is 0 Å². The molecule has 0 radical (unpaired) electrons. The van der Waals surface area contributed by atoms with Gasteiger partial charge in [-0.3, -0.25) is 0 Å². The third-order valence-corrected chi connectivity index (χ3v) is 17.1. The maximum absolute atomic E-state index is 9.98. The van der Waals surface area contributed by atoms with Gasteiger partial charge in [0, 0.05) is 49.0 Å². The van der Waals surface area contributed by atoms with Crippen molar-refractivity contribution in [2.24, 2.45) is 0 Å². The van der Waals surface area contributed by atoms with Crippen molar-refractivity contribution in [3.63, 3.8) is 0 Å². The summed E-state index contributed by atoms with van der Waals surface area (Å²) in [6.45, 7) is 0. The fourth-order valence-electron chi connectivity index (χ4n) is 13.0. The lowest BCUT2D eigenvalue weighted by Gasteiger charge is -2.18. The molecule has 10 nitrogen and oxygen atoms in total. The van der Waals surface area contributed by atoms with Crippen LogP contribution in [0, 0.1) is 34.0 Å². The third-order valence-electron chi connectivity index (χ3n) is 17.1. The zero-order valence-corrected chi connectivity index (χ0v) is 46.6. The van der Waals surface area contributed by atoms with E-state index in [0.717, 1.165) is 149 Å². The number of hydrogen-bond donors (Lipinski definition) is 0. The molecule has 0 saturated carbocycles. The van der Waals surface area contributed by atoms with Gasteiger partial charge in [0.2, 0.25) is 0 Å². The van der Waals surface area contributed by atoms with Crippen LogP contribution in [0.1, 0.15) is 16.7 Å². The van der Waals surface area contributed by atoms with Crippen molar-refractivity contribution in [2.45, 2.75) is 0 Å². The third kappa shape index (κ3) is 7.83. The Kier molecular flexibility index (Phi) is 11.2. The number of nitriles is 3. The maximum atomic E-state index is 9.98. The molecule has 0 spiro atoms. The van der Waals surface area contributed by atoms with Gasteiger partial charge in [-0.05, 0) is 149 Å². The van der Waals surface area contributed by atoms with Crippen molar-refractivity contribution in [3.05, 3.63) is 271 Å². The summed E-state index contributed by atoms with van der Waals surface area (Å²) in [5.41, 5.74) is 18.0. The predicted molar refractivity (Wildman–Crippen MR) is 350 cm³/mol. The Morgan fingerprint density at radius 2 is 0.693 bits per heavy atom. The van der Waals surface area contributed by atoms with Crippen LogP contribution in [0.15, 0.2) is 264 Å². The summed E-state index contributed by atoms with van der Waals surface area (Å²) in [5.74, 6) is 1.27. The summed E-state index contributed by atoms with van der Waals surface area (Å²) in [6, 6.07) is 92.5. The molecule has 0 N–H and O–H groups in total. The Morgan fingerprint density at radius 1 is 0.284 bits per heavy atom. The van der Waals surface area contributed by atoms with Gasteiger partial charge in [-0.25, -0.2) is 15.0 Å². The lowest BCUT2D eigenvalue weighted by atomic mass is 9.99. The smallest absolute Gasteiger partial charge is 0.166 e. The van der Waals surface area contributed by atoms with Crippen molar-refractivity contribution in [1.82, 2.24) is 24.1 Å². The number of aromatic nitrogens is 5. The predicted octanol–water partition coefficient (Wildman–Crippen LogP) is 19.5. The Balaban J connectivity index is 0.969. The second-order valence-electron chi connectivity index (χ2n) is 22.0. The first-order chi connectivity index (χ1) is 43.5. The number of fused-ring (bicyclic) bond motifs is 14. The molecule has 0 amide bonds. The quantitative estimate of drug-likeness (QED) is 0.146. The van der Waals surface area contributed by atoms with E-state index in [-0.39, 0.29) is 0 Å². The number of para-hydroxylation sites is 4. The van der Waals surface area contributed by atoms with Crippen LogP contribution in [0.25, 0.3) is 166 Å². The Hall–Kier alpha value is -12.7. The van der Waals surface area contributed by atoms with Crippen LogP contribution in [0.3, 0.4) is 0 Å². The van der Waals surface area contributed by atoms with E-state index in [1.54, 1.807) is 6.07 Å². The molecule has 0 aliphatic heterocycles. The monoisotopic (exact) mass is 1120 g/mol. The summed E-state index contributed by atoms with van der Waals surface area (Å²) in [7, 11) is 0. The van der Waals surface area contributed by atoms with Crippen molar-refractivity contribution in [2.75, 3.05) is 0 Å². The average molecular weight is 1120 g/mol. The van der Waals surface area contributed by atoms with Gasteiger partial charge in [-0.15, -0.1) is 0 Å². The first-order valence-electron chi connectivity index (χ1n) is 28.8. The van der Waals surface area contributed by atoms with Gasteiger partial charge in [0.05, 0.1) is 79.1 Å². The van der Waals surface area contributed by atoms with E-state index >= 15 is 0 Å². The van der Waals surface area contributed by atoms with Crippen LogP contribution in [-0.2, 0) is 0 Å². The van der Waals surface area contributed by atoms with Gasteiger partial charge in [0.1, 0.15) is 22.3 Å². The summed E-state index contributed by atoms with van der Waals surface area (Å²) in [5, 5.41) is 37.8. The Bertz CT molecular complexity index is 5610. The van der Waals surface area contributed by atoms with E-state index in [4.69, 9.17) is 23.8 Å². The highest BCUT2D eigenvalue weighted by atomic mass is 16.3. The minimum absolute atomic E-state index is 0.419. The van der Waals surface area contributed by atoms with E-state index in [9.17, 15) is 15.8 Å². The van der Waals surface area contributed by atoms with E-state index in [0.29, 0.717) is 34.2 Å². The molecule has 17 rings (SSSR count). The van der Waals surface area contributed by atoms with E-state index in [2.05, 4.69) is 155 Å². The highest BCUT2D eigenvalue weighted by Gasteiger charge is 2.26. The Labute approximate surface area is 502 Å². The van der Waals surface area contributed by atoms with Crippen LogP contribution in [-0.4, -0.2) is 24.1 Å². The second kappa shape index (κ2) is 19.7. The van der Waals surface area contributed by atoms with Crippen LogP contribution in [0.5, 0.6) is 0 Å². The average Bonchev–Trinajstić information content (AvgIpc) is 1.65. The first-order valence-corrected chi connectivity index (χ1v) is 28.8. The van der Waals surface area contributed by atoms with Gasteiger partial charge in [0.25, 0.3) is 0 Å². The second-order valence-corrected chi connectivity index (χ2v) is 22.0. The van der Waals surface area contributed by atoms with Gasteiger partial charge in [0.15, 0.2) is 17.5 Å². The summed E-state index contributed by atoms with van der Waals surface area (Å²) < 4.78 is 18.2. The van der Waals surface area contributed by atoms with Crippen molar-refractivity contribution >= 4 is 87.5 Å². The molecule has 0 unspecified atom stereocenters. The van der Waals surface area contributed by atoms with Gasteiger partial charge >= 0.3 is 0 Å². The zero-order chi connectivity index (χ0) is 58.6. The molecule has 10 heteroatoms. The van der Waals surface area contributed by atoms with Crippen LogP contribution in [0.4, 0.5) is 0 Å². The molecule has 406 valence electrons. The summed E-state index contributed by atoms with van der Waals surface area (Å²) in [4.78, 5) is 16.8. The highest BCUT2D eigenvalue weighted by molar-refractivity contribution is 6.25. The van der Waals surface area contributed by atoms with Gasteiger partial charge in [-0.1, -0.05) is 140 Å². The number of furan rings is 2. The molecule has 5 aromatic heterocycles. The largest absolute Gasteiger partial charge is 0.455 e. The number of benzene rings is 12. The molecule has 0 fully saturated rings. The van der Waals surface area contributed by atoms with Crippen molar-refractivity contribution < 1.29 is 8.83 Å². The Morgan fingerprint density at radius 3 is 1.19 bits per heavy atom. The molecule has 12 aromatic carbocycles. The zero-order valence-electron chi connectivity index (χ0n) is 46.6. The number of nitrogens with zero attached hydrogens (tertiary/aromatic N) is 8. The minimum atomic E-state index is 0.419. The molecule has 0 atom stereocenters. The fraction of sp³-hybridized carbons (Fsp3) is 0. The van der Waals surface area contributed by atoms with E-state index < -0.39 is 0 Å². The topological polar surface area (TPSA) is 146 Å². The fourth-order valence-corrected chi connectivity index (χ4v) is 13.0. The van der Waals surface area contributed by atoms with E-state index in [1.807, 2.05) is 121 Å². The molecule has 0 bridgehead atoms. The molecule has 0 saturated heterocycles. The molecular weight excluding hydrogens is 1080 g/mol. The summed E-state index contributed by atoms with van der Waals surface area (Å²) >= 11 is 0. The standard InChI is InChI=1S/C78H42N8O2/c79-43-46-23-27-49(28-24-46)53-31-33-62(68(41-53)85-64-19-5-1-17-60(64)72-66(85)37-35-58-56-15-3-7-21-70(56)87-74(58)72)77-82-76(55-14-10-13-52(40-55)51-12-9-11-48(39-51)45-81)83-78(84-77)63-34-32-54(50-29-25-47(44-80)26-30-50)42-69(63)86-65-20-6-2-18-61(65)73-67(86)38-36-59-57-16-4-8-22-71(57)88-75(59)73/h1-42H. The normalized spacial score (nSPS) is 11.6. The molecule has 0 aliphatic carbocycles. The van der Waals surface area contributed by atoms with Gasteiger partial charge in [-0.2, -0.15) is 15.8 Å². The van der Waals surface area contributed by atoms with Gasteiger partial charge < -0.3 is 18.0 Å². The summed E-state index contributed by atoms with van der Waals surface area (Å²) in [6.07, 6.45) is 0. The van der Waals surface area contributed by atoms with Crippen LogP contribution in [0.2, 0.25) is 0 Å². The lowest BCUT2D eigenvalue weighted by Crippen LogP contribution is -2.06. The van der Waals surface area contributed by atoms with Crippen LogP contribution >= 0.6 is 0 Å². The molecule has 5 heterocycles. The molecule has 0 aliphatic rings. The minimum Gasteiger partial charge on any atom is -0.455 e. The molecular formula is C78H42N8O2. The highest BCUT2D eigenvalue weighted by Crippen LogP contribution is 2.46. The number of hydrogen-bond acceptors (Lipinski definition) is 8. The van der Waals surface area contributed by atoms with Crippen molar-refractivity contribution in [3.8, 4) is 97.1 Å². The number of rotatable bonds is 8. The maximum Gasteiger partial charge on any atom is 0.166 e. The SMILES string of the molecule is N#Cc1ccc(-c2ccc(-c3nc(-c4cccc(-c5cccc(C#N)c5)c4)nc(-c4ccc(-c5ccc(C#N)cc5)cc4-n4c5ccccc5c5c6oc7ccccc7c6ccc54)n3)c(-n3c4ccccc4c4c5oc6ccccc6c5ccc43)c2)cc1. The molecule has 88 heavy (non-hydrogen) atoms.